The van der Waals surface area contributed by atoms with Crippen LogP contribution in [0.4, 0.5) is 5.69 Å². The molecule has 8 heteroatoms. The van der Waals surface area contributed by atoms with Gasteiger partial charge in [0.05, 0.1) is 21.2 Å². The molecule has 172 valence electrons. The predicted molar refractivity (Wildman–Crippen MR) is 140 cm³/mol. The number of nitrogens with zero attached hydrogens (tertiary/aromatic N) is 3. The molecule has 0 unspecified atom stereocenters. The first kappa shape index (κ1) is 21.9. The van der Waals surface area contributed by atoms with E-state index in [9.17, 15) is 14.9 Å². The zero-order chi connectivity index (χ0) is 24.1. The first-order valence-corrected chi connectivity index (χ1v) is 12.7. The van der Waals surface area contributed by atoms with Crippen molar-refractivity contribution in [1.82, 2.24) is 4.57 Å². The molecule has 1 aliphatic heterocycles. The third-order valence-electron chi connectivity index (χ3n) is 6.44. The third-order valence-corrected chi connectivity index (χ3v) is 7.95. The van der Waals surface area contributed by atoms with Gasteiger partial charge in [-0.1, -0.05) is 75.8 Å². The number of benzene rings is 3. The number of allylic oxidation sites excluding steroid dienone is 1. The second-order valence-electron chi connectivity index (χ2n) is 8.52. The first-order chi connectivity index (χ1) is 17.0. The van der Waals surface area contributed by atoms with Gasteiger partial charge in [-0.3, -0.25) is 19.5 Å². The van der Waals surface area contributed by atoms with Gasteiger partial charge in [-0.15, -0.1) is 0 Å². The maximum atomic E-state index is 13.7. The molecule has 0 bridgehead atoms. The van der Waals surface area contributed by atoms with E-state index in [4.69, 9.17) is 4.99 Å². The molecule has 2 heterocycles. The van der Waals surface area contributed by atoms with Crippen LogP contribution < -0.4 is 14.9 Å². The van der Waals surface area contributed by atoms with Crippen molar-refractivity contribution in [2.45, 2.75) is 18.9 Å². The van der Waals surface area contributed by atoms with Gasteiger partial charge < -0.3 is 0 Å². The van der Waals surface area contributed by atoms with Gasteiger partial charge in [0.1, 0.15) is 0 Å². The lowest BCUT2D eigenvalue weighted by Gasteiger charge is -2.30. The van der Waals surface area contributed by atoms with Gasteiger partial charge in [0.25, 0.3) is 11.2 Å². The molecule has 0 spiro atoms. The molecule has 35 heavy (non-hydrogen) atoms. The molecule has 2 aliphatic rings. The van der Waals surface area contributed by atoms with E-state index in [-0.39, 0.29) is 17.3 Å². The molecule has 0 fully saturated rings. The van der Waals surface area contributed by atoms with Crippen LogP contribution in [-0.2, 0) is 6.42 Å². The summed E-state index contributed by atoms with van der Waals surface area (Å²) >= 11 is 4.83. The molecule has 0 radical (unpaired) electrons. The minimum atomic E-state index is -0.433. The van der Waals surface area contributed by atoms with E-state index < -0.39 is 4.92 Å². The number of halogens is 1. The number of nitro groups is 1. The van der Waals surface area contributed by atoms with Gasteiger partial charge in [-0.05, 0) is 53.3 Å². The number of hydrogen-bond acceptors (Lipinski definition) is 5. The van der Waals surface area contributed by atoms with Crippen molar-refractivity contribution in [1.29, 1.82) is 0 Å². The molecule has 6 nitrogen and oxygen atoms in total. The van der Waals surface area contributed by atoms with Crippen molar-refractivity contribution >= 4 is 44.7 Å². The molecule has 0 amide bonds. The molecule has 0 saturated carbocycles. The summed E-state index contributed by atoms with van der Waals surface area (Å²) in [6.45, 7) is 0. The van der Waals surface area contributed by atoms with Crippen LogP contribution in [0.1, 0.15) is 34.7 Å². The van der Waals surface area contributed by atoms with Crippen LogP contribution in [0.15, 0.2) is 92.6 Å². The zero-order valence-electron chi connectivity index (χ0n) is 18.3. The molecule has 0 saturated heterocycles. The molecule has 6 rings (SSSR count). The Morgan fingerprint density at radius 1 is 1.06 bits per heavy atom. The minimum absolute atomic E-state index is 0.00802. The lowest BCUT2D eigenvalue weighted by atomic mass is 9.83. The van der Waals surface area contributed by atoms with E-state index in [1.54, 1.807) is 22.8 Å². The van der Waals surface area contributed by atoms with Gasteiger partial charge in [0.15, 0.2) is 4.80 Å². The van der Waals surface area contributed by atoms with E-state index in [0.717, 1.165) is 39.7 Å². The van der Waals surface area contributed by atoms with Crippen LogP contribution in [0, 0.1) is 10.1 Å². The Balaban J connectivity index is 1.60. The fourth-order valence-electron chi connectivity index (χ4n) is 4.85. The van der Waals surface area contributed by atoms with E-state index in [2.05, 4.69) is 28.1 Å². The summed E-state index contributed by atoms with van der Waals surface area (Å²) in [6.07, 6.45) is 3.44. The first-order valence-electron chi connectivity index (χ1n) is 11.1. The van der Waals surface area contributed by atoms with Crippen molar-refractivity contribution in [3.8, 4) is 0 Å². The smallest absolute Gasteiger partial charge is 0.271 e. The van der Waals surface area contributed by atoms with Gasteiger partial charge in [0, 0.05) is 22.2 Å². The quantitative estimate of drug-likeness (QED) is 0.270. The average molecular weight is 544 g/mol. The Hall–Kier alpha value is -3.62. The Labute approximate surface area is 212 Å². The van der Waals surface area contributed by atoms with Crippen LogP contribution in [0.25, 0.3) is 11.8 Å². The summed E-state index contributed by atoms with van der Waals surface area (Å²) in [5.74, 6) is 0. The Bertz CT molecular complexity index is 1720. The molecular weight excluding hydrogens is 526 g/mol. The Kier molecular flexibility index (Phi) is 5.35. The van der Waals surface area contributed by atoms with Crippen LogP contribution in [0.2, 0.25) is 0 Å². The fraction of sp³-hybridized carbons (Fsp3) is 0.111. The molecule has 0 N–H and O–H groups in total. The fourth-order valence-corrected chi connectivity index (χ4v) is 6.11. The van der Waals surface area contributed by atoms with Crippen molar-refractivity contribution in [3.63, 3.8) is 0 Å². The normalized spacial score (nSPS) is 16.8. The van der Waals surface area contributed by atoms with Crippen molar-refractivity contribution in [2.24, 2.45) is 4.99 Å². The largest absolute Gasteiger partial charge is 0.272 e. The van der Waals surface area contributed by atoms with E-state index in [1.165, 1.54) is 29.0 Å². The van der Waals surface area contributed by atoms with Crippen molar-refractivity contribution in [3.05, 3.63) is 135 Å². The highest BCUT2D eigenvalue weighted by molar-refractivity contribution is 9.10. The number of aromatic nitrogens is 1. The van der Waals surface area contributed by atoms with Gasteiger partial charge in [0.2, 0.25) is 0 Å². The SMILES string of the molecule is O=c1/c(=C/c2cccc([N+](=O)[O-])c2)sc2n1[C@@H](c1ccc(Br)cc1)C1=C(N=2)c2ccccc2CC1. The van der Waals surface area contributed by atoms with Crippen molar-refractivity contribution < 1.29 is 4.92 Å². The highest BCUT2D eigenvalue weighted by Crippen LogP contribution is 2.41. The topological polar surface area (TPSA) is 77.5 Å². The molecule has 1 aliphatic carbocycles. The summed E-state index contributed by atoms with van der Waals surface area (Å²) in [5.41, 5.74) is 5.96. The maximum absolute atomic E-state index is 13.7. The number of nitro benzene ring substituents is 1. The predicted octanol–water partition coefficient (Wildman–Crippen LogP) is 4.99. The second kappa shape index (κ2) is 8.55. The lowest BCUT2D eigenvalue weighted by Crippen LogP contribution is -2.38. The summed E-state index contributed by atoms with van der Waals surface area (Å²) in [4.78, 5) is 30.1. The molecule has 3 aromatic carbocycles. The number of hydrogen-bond donors (Lipinski definition) is 0. The monoisotopic (exact) mass is 543 g/mol. The van der Waals surface area contributed by atoms with Crippen LogP contribution >= 0.6 is 27.3 Å². The van der Waals surface area contributed by atoms with E-state index in [1.807, 2.05) is 36.4 Å². The molecule has 1 atom stereocenters. The number of rotatable bonds is 3. The van der Waals surface area contributed by atoms with E-state index in [0.29, 0.717) is 14.9 Å². The van der Waals surface area contributed by atoms with Crippen LogP contribution in [0.5, 0.6) is 0 Å². The minimum Gasteiger partial charge on any atom is -0.272 e. The number of fused-ring (bicyclic) bond motifs is 3. The highest BCUT2D eigenvalue weighted by atomic mass is 79.9. The Morgan fingerprint density at radius 3 is 2.66 bits per heavy atom. The highest BCUT2D eigenvalue weighted by Gasteiger charge is 2.32. The third kappa shape index (κ3) is 3.79. The average Bonchev–Trinajstić information content (AvgIpc) is 3.18. The van der Waals surface area contributed by atoms with E-state index >= 15 is 0 Å². The molecular formula is C27H18BrN3O3S. The van der Waals surface area contributed by atoms with Crippen LogP contribution in [0.3, 0.4) is 0 Å². The zero-order valence-corrected chi connectivity index (χ0v) is 20.8. The summed E-state index contributed by atoms with van der Waals surface area (Å²) < 4.78 is 3.26. The summed E-state index contributed by atoms with van der Waals surface area (Å²) in [5, 5.41) is 11.2. The maximum Gasteiger partial charge on any atom is 0.271 e. The van der Waals surface area contributed by atoms with Crippen LogP contribution in [-0.4, -0.2) is 9.49 Å². The van der Waals surface area contributed by atoms with Gasteiger partial charge >= 0.3 is 0 Å². The molecule has 4 aromatic rings. The van der Waals surface area contributed by atoms with Gasteiger partial charge in [-0.2, -0.15) is 0 Å². The lowest BCUT2D eigenvalue weighted by molar-refractivity contribution is -0.384. The second-order valence-corrected chi connectivity index (χ2v) is 10.4. The standard InChI is InChI=1S/C27H18BrN3O3S/c28-19-11-8-18(9-12-19)25-22-13-10-17-5-1-2-7-21(17)24(22)29-27-30(25)26(32)23(35-27)15-16-4-3-6-20(14-16)31(33)34/h1-9,11-12,14-15,25H,10,13H2/b23-15-/t25-/m0/s1. The molecule has 1 aromatic heterocycles. The number of non-ortho nitro benzene ring substituents is 1. The number of aryl methyl sites for hydroxylation is 1. The van der Waals surface area contributed by atoms with Gasteiger partial charge in [-0.25, -0.2) is 4.99 Å². The Morgan fingerprint density at radius 2 is 1.86 bits per heavy atom. The van der Waals surface area contributed by atoms with Crippen molar-refractivity contribution in [2.75, 3.05) is 0 Å². The summed E-state index contributed by atoms with van der Waals surface area (Å²) in [7, 11) is 0. The number of thiazole rings is 1. The summed E-state index contributed by atoms with van der Waals surface area (Å²) in [6, 6.07) is 22.4.